The van der Waals surface area contributed by atoms with E-state index < -0.39 is 0 Å². The summed E-state index contributed by atoms with van der Waals surface area (Å²) in [6, 6.07) is 2.33. The summed E-state index contributed by atoms with van der Waals surface area (Å²) < 4.78 is 7.37. The van der Waals surface area contributed by atoms with Crippen LogP contribution in [0.2, 0.25) is 0 Å². The molecule has 92 valence electrons. The molecule has 1 heterocycles. The Labute approximate surface area is 98.0 Å². The molecule has 1 N–H and O–H groups in total. The lowest BCUT2D eigenvalue weighted by molar-refractivity contribution is -0.00987. The van der Waals surface area contributed by atoms with E-state index in [4.69, 9.17) is 4.74 Å². The maximum absolute atomic E-state index is 5.53. The van der Waals surface area contributed by atoms with Crippen LogP contribution in [0.15, 0.2) is 12.3 Å². The highest BCUT2D eigenvalue weighted by atomic mass is 16.5. The van der Waals surface area contributed by atoms with E-state index >= 15 is 0 Å². The van der Waals surface area contributed by atoms with Crippen LogP contribution in [0, 0.1) is 0 Å². The van der Waals surface area contributed by atoms with Gasteiger partial charge in [0.1, 0.15) is 0 Å². The van der Waals surface area contributed by atoms with E-state index in [0.29, 0.717) is 0 Å². The first-order valence-corrected chi connectivity index (χ1v) is 5.76. The molecule has 0 bridgehead atoms. The second-order valence-corrected chi connectivity index (χ2v) is 4.60. The predicted molar refractivity (Wildman–Crippen MR) is 65.5 cm³/mol. The second kappa shape index (κ2) is 5.46. The number of nitrogens with zero attached hydrogens (tertiary/aromatic N) is 2. The zero-order valence-corrected chi connectivity index (χ0v) is 10.9. The van der Waals surface area contributed by atoms with Crippen molar-refractivity contribution in [3.63, 3.8) is 0 Å². The van der Waals surface area contributed by atoms with Crippen LogP contribution in [0.3, 0.4) is 0 Å². The summed E-state index contributed by atoms with van der Waals surface area (Å²) in [5, 5.41) is 7.86. The molecule has 0 saturated heterocycles. The molecule has 4 nitrogen and oxygen atoms in total. The van der Waals surface area contributed by atoms with Crippen molar-refractivity contribution in [3.05, 3.63) is 18.0 Å². The topological polar surface area (TPSA) is 39.1 Å². The Hall–Kier alpha value is -0.870. The lowest BCUT2D eigenvalue weighted by Gasteiger charge is -2.33. The Morgan fingerprint density at radius 3 is 2.69 bits per heavy atom. The monoisotopic (exact) mass is 225 g/mol. The van der Waals surface area contributed by atoms with E-state index in [-0.39, 0.29) is 11.6 Å². The minimum Gasteiger partial charge on any atom is -0.377 e. The molecule has 0 saturated carbocycles. The standard InChI is InChI=1S/C12H23N3O/c1-6-13-11(12(2,3)16-5)9-10-7-8-15(4)14-10/h7-8,11,13H,6,9H2,1-5H3. The first-order valence-electron chi connectivity index (χ1n) is 5.76. The van der Waals surface area contributed by atoms with Gasteiger partial charge in [-0.15, -0.1) is 0 Å². The van der Waals surface area contributed by atoms with Crippen LogP contribution in [0.4, 0.5) is 0 Å². The lowest BCUT2D eigenvalue weighted by Crippen LogP contribution is -2.49. The van der Waals surface area contributed by atoms with Crippen molar-refractivity contribution < 1.29 is 4.74 Å². The quantitative estimate of drug-likeness (QED) is 0.794. The highest BCUT2D eigenvalue weighted by molar-refractivity contribution is 5.04. The van der Waals surface area contributed by atoms with Crippen molar-refractivity contribution in [2.75, 3.05) is 13.7 Å². The Morgan fingerprint density at radius 1 is 1.56 bits per heavy atom. The van der Waals surface area contributed by atoms with E-state index in [1.54, 1.807) is 7.11 Å². The molecule has 1 unspecified atom stereocenters. The SMILES string of the molecule is CCNC(Cc1ccn(C)n1)C(C)(C)OC. The number of ether oxygens (including phenoxy) is 1. The summed E-state index contributed by atoms with van der Waals surface area (Å²) in [6.45, 7) is 7.24. The molecular weight excluding hydrogens is 202 g/mol. The molecule has 0 aliphatic heterocycles. The van der Waals surface area contributed by atoms with Gasteiger partial charge in [-0.1, -0.05) is 6.92 Å². The van der Waals surface area contributed by atoms with Crippen LogP contribution in [-0.2, 0) is 18.2 Å². The number of hydrogen-bond donors (Lipinski definition) is 1. The summed E-state index contributed by atoms with van der Waals surface area (Å²) in [5.41, 5.74) is 0.909. The van der Waals surface area contributed by atoms with Gasteiger partial charge in [0.25, 0.3) is 0 Å². The van der Waals surface area contributed by atoms with Gasteiger partial charge in [-0.3, -0.25) is 4.68 Å². The van der Waals surface area contributed by atoms with Gasteiger partial charge in [-0.05, 0) is 26.5 Å². The molecule has 1 aromatic heterocycles. The predicted octanol–water partition coefficient (Wildman–Crippen LogP) is 1.37. The zero-order valence-electron chi connectivity index (χ0n) is 10.9. The summed E-state index contributed by atoms with van der Waals surface area (Å²) in [4.78, 5) is 0. The minimum atomic E-state index is -0.187. The Morgan fingerprint density at radius 2 is 2.25 bits per heavy atom. The Bertz CT molecular complexity index is 320. The Kier molecular flexibility index (Phi) is 4.50. The molecule has 0 radical (unpaired) electrons. The van der Waals surface area contributed by atoms with E-state index in [1.807, 2.05) is 17.9 Å². The van der Waals surface area contributed by atoms with Gasteiger partial charge in [0.05, 0.1) is 11.3 Å². The molecule has 0 fully saturated rings. The number of likely N-dealkylation sites (N-methyl/N-ethyl adjacent to an activating group) is 1. The van der Waals surface area contributed by atoms with E-state index in [0.717, 1.165) is 18.7 Å². The number of rotatable bonds is 6. The van der Waals surface area contributed by atoms with Gasteiger partial charge in [0, 0.05) is 32.8 Å². The lowest BCUT2D eigenvalue weighted by atomic mass is 9.94. The van der Waals surface area contributed by atoms with Crippen LogP contribution >= 0.6 is 0 Å². The third kappa shape index (κ3) is 3.32. The van der Waals surface area contributed by atoms with Gasteiger partial charge in [0.2, 0.25) is 0 Å². The average molecular weight is 225 g/mol. The summed E-state index contributed by atoms with van der Waals surface area (Å²) in [7, 11) is 3.69. The molecule has 0 aliphatic carbocycles. The average Bonchev–Trinajstić information content (AvgIpc) is 2.63. The molecule has 1 atom stereocenters. The number of hydrogen-bond acceptors (Lipinski definition) is 3. The minimum absolute atomic E-state index is 0.187. The molecular formula is C12H23N3O. The smallest absolute Gasteiger partial charge is 0.0778 e. The molecule has 0 spiro atoms. The normalized spacial score (nSPS) is 14.1. The second-order valence-electron chi connectivity index (χ2n) is 4.60. The van der Waals surface area contributed by atoms with Crippen molar-refractivity contribution in [3.8, 4) is 0 Å². The summed E-state index contributed by atoms with van der Waals surface area (Å²) in [5.74, 6) is 0. The third-order valence-corrected chi connectivity index (χ3v) is 3.00. The summed E-state index contributed by atoms with van der Waals surface area (Å²) >= 11 is 0. The van der Waals surface area contributed by atoms with Gasteiger partial charge in [-0.25, -0.2) is 0 Å². The fraction of sp³-hybridized carbons (Fsp3) is 0.750. The number of nitrogens with one attached hydrogen (secondary N) is 1. The van der Waals surface area contributed by atoms with Crippen molar-refractivity contribution in [2.45, 2.75) is 38.8 Å². The third-order valence-electron chi connectivity index (χ3n) is 3.00. The molecule has 0 aromatic carbocycles. The van der Waals surface area contributed by atoms with E-state index in [2.05, 4.69) is 37.3 Å². The van der Waals surface area contributed by atoms with Crippen LogP contribution < -0.4 is 5.32 Å². The first kappa shape index (κ1) is 13.2. The van der Waals surface area contributed by atoms with Crippen molar-refractivity contribution in [2.24, 2.45) is 7.05 Å². The zero-order chi connectivity index (χ0) is 12.2. The van der Waals surface area contributed by atoms with Crippen molar-refractivity contribution in [1.29, 1.82) is 0 Å². The molecule has 0 amide bonds. The van der Waals surface area contributed by atoms with Crippen LogP contribution in [0.5, 0.6) is 0 Å². The van der Waals surface area contributed by atoms with E-state index in [1.165, 1.54) is 0 Å². The maximum atomic E-state index is 5.53. The van der Waals surface area contributed by atoms with Crippen LogP contribution in [0.25, 0.3) is 0 Å². The molecule has 1 aromatic rings. The Balaban J connectivity index is 2.71. The highest BCUT2D eigenvalue weighted by Gasteiger charge is 2.29. The molecule has 0 aliphatic rings. The number of aryl methyl sites for hydroxylation is 1. The molecule has 4 heteroatoms. The maximum Gasteiger partial charge on any atom is 0.0778 e. The number of methoxy groups -OCH3 is 1. The van der Waals surface area contributed by atoms with Crippen LogP contribution in [0.1, 0.15) is 26.5 Å². The molecule has 16 heavy (non-hydrogen) atoms. The van der Waals surface area contributed by atoms with Crippen LogP contribution in [-0.4, -0.2) is 35.1 Å². The van der Waals surface area contributed by atoms with Gasteiger partial charge in [-0.2, -0.15) is 5.10 Å². The van der Waals surface area contributed by atoms with Crippen molar-refractivity contribution in [1.82, 2.24) is 15.1 Å². The highest BCUT2D eigenvalue weighted by Crippen LogP contribution is 2.17. The van der Waals surface area contributed by atoms with Crippen molar-refractivity contribution >= 4 is 0 Å². The summed E-state index contributed by atoms with van der Waals surface area (Å²) in [6.07, 6.45) is 2.85. The van der Waals surface area contributed by atoms with Gasteiger partial charge < -0.3 is 10.1 Å². The van der Waals surface area contributed by atoms with Gasteiger partial charge in [0.15, 0.2) is 0 Å². The number of aromatic nitrogens is 2. The largest absolute Gasteiger partial charge is 0.377 e. The van der Waals surface area contributed by atoms with Gasteiger partial charge >= 0.3 is 0 Å². The first-order chi connectivity index (χ1) is 7.49. The fourth-order valence-corrected chi connectivity index (χ4v) is 1.73. The molecule has 1 rings (SSSR count). The fourth-order valence-electron chi connectivity index (χ4n) is 1.73. The van der Waals surface area contributed by atoms with E-state index in [9.17, 15) is 0 Å².